The van der Waals surface area contributed by atoms with Crippen molar-refractivity contribution in [3.63, 3.8) is 0 Å². The molecule has 5 heteroatoms. The van der Waals surface area contributed by atoms with Gasteiger partial charge in [0.2, 0.25) is 5.76 Å². The summed E-state index contributed by atoms with van der Waals surface area (Å²) in [5.74, 6) is 0.956. The molecule has 4 nitrogen and oxygen atoms in total. The summed E-state index contributed by atoms with van der Waals surface area (Å²) in [7, 11) is 1.53. The van der Waals surface area contributed by atoms with Gasteiger partial charge in [-0.25, -0.2) is 4.98 Å². The molecule has 0 aliphatic heterocycles. The first-order valence-electron chi connectivity index (χ1n) is 3.22. The molecule has 0 unspecified atom stereocenters. The highest BCUT2D eigenvalue weighted by Gasteiger charge is 2.13. The van der Waals surface area contributed by atoms with Crippen molar-refractivity contribution < 1.29 is 9.15 Å². The number of ether oxygens (including phenoxy) is 1. The van der Waals surface area contributed by atoms with Crippen molar-refractivity contribution in [1.82, 2.24) is 9.97 Å². The number of rotatable bonds is 2. The molecule has 0 N–H and O–H groups in total. The molecule has 0 spiro atoms. The smallest absolute Gasteiger partial charge is 0.287 e. The Morgan fingerprint density at radius 2 is 2.58 bits per heavy atom. The van der Waals surface area contributed by atoms with E-state index in [0.29, 0.717) is 11.6 Å². The van der Waals surface area contributed by atoms with E-state index in [4.69, 9.17) is 9.15 Å². The highest BCUT2D eigenvalue weighted by Crippen LogP contribution is 2.29. The van der Waals surface area contributed by atoms with E-state index in [2.05, 4.69) is 16.4 Å². The second-order valence-corrected chi connectivity index (χ2v) is 2.88. The average molecular weight is 181 g/mol. The molecule has 0 aromatic carbocycles. The van der Waals surface area contributed by atoms with Crippen LogP contribution < -0.4 is 4.74 Å². The summed E-state index contributed by atoms with van der Waals surface area (Å²) in [4.78, 5) is 7.80. The predicted molar refractivity (Wildman–Crippen MR) is 43.0 cm³/mol. The van der Waals surface area contributed by atoms with Crippen molar-refractivity contribution in [2.45, 2.75) is 0 Å². The molecule has 0 amide bonds. The maximum absolute atomic E-state index is 4.99. The van der Waals surface area contributed by atoms with Gasteiger partial charge in [-0.3, -0.25) is 0 Å². The van der Waals surface area contributed by atoms with Crippen molar-refractivity contribution >= 4 is 11.3 Å². The van der Waals surface area contributed by atoms with Gasteiger partial charge in [-0.05, 0) is 0 Å². The third-order valence-electron chi connectivity index (χ3n) is 1.31. The molecule has 1 radical (unpaired) electrons. The van der Waals surface area contributed by atoms with Crippen LogP contribution in [0.5, 0.6) is 5.88 Å². The molecule has 2 heterocycles. The third kappa shape index (κ3) is 1.08. The second kappa shape index (κ2) is 2.94. The standard InChI is InChI=1S/C7H5N2O2S/c1-10-6-5(11-4-9-6)7-8-2-3-12-7/h2-3H,1H3. The number of aromatic nitrogens is 2. The molecule has 0 bridgehead atoms. The lowest BCUT2D eigenvalue weighted by molar-refractivity contribution is 0.398. The Hall–Kier alpha value is -1.36. The first-order valence-corrected chi connectivity index (χ1v) is 4.10. The predicted octanol–water partition coefficient (Wildman–Crippen LogP) is 1.61. The molecule has 0 aliphatic rings. The highest BCUT2D eigenvalue weighted by molar-refractivity contribution is 7.13. The van der Waals surface area contributed by atoms with Gasteiger partial charge in [-0.15, -0.1) is 11.3 Å². The summed E-state index contributed by atoms with van der Waals surface area (Å²) < 4.78 is 9.93. The van der Waals surface area contributed by atoms with Crippen LogP contribution in [-0.4, -0.2) is 17.1 Å². The minimum Gasteiger partial charge on any atom is -0.478 e. The Balaban J connectivity index is 2.46. The number of nitrogens with zero attached hydrogens (tertiary/aromatic N) is 2. The zero-order valence-corrected chi connectivity index (χ0v) is 7.09. The fourth-order valence-electron chi connectivity index (χ4n) is 0.813. The Labute approximate surface area is 72.8 Å². The minimum atomic E-state index is 0.421. The van der Waals surface area contributed by atoms with E-state index in [1.165, 1.54) is 18.4 Å². The molecule has 2 rings (SSSR count). The largest absolute Gasteiger partial charge is 0.478 e. The molecule has 0 fully saturated rings. The van der Waals surface area contributed by atoms with E-state index in [9.17, 15) is 0 Å². The zero-order valence-electron chi connectivity index (χ0n) is 6.27. The quantitative estimate of drug-likeness (QED) is 0.706. The SMILES string of the molecule is COc1n[c]oc1-c1nccs1. The average Bonchev–Trinajstić information content (AvgIpc) is 2.74. The van der Waals surface area contributed by atoms with Crippen LogP contribution in [0.1, 0.15) is 0 Å². The van der Waals surface area contributed by atoms with Crippen molar-refractivity contribution in [1.29, 1.82) is 0 Å². The number of oxazole rings is 1. The van der Waals surface area contributed by atoms with Crippen LogP contribution in [0.15, 0.2) is 16.0 Å². The van der Waals surface area contributed by atoms with E-state index >= 15 is 0 Å². The van der Waals surface area contributed by atoms with Gasteiger partial charge in [-0.1, -0.05) is 0 Å². The first kappa shape index (κ1) is 7.30. The third-order valence-corrected chi connectivity index (χ3v) is 2.08. The van der Waals surface area contributed by atoms with Crippen LogP contribution in [-0.2, 0) is 0 Å². The number of hydrogen-bond donors (Lipinski definition) is 0. The van der Waals surface area contributed by atoms with Gasteiger partial charge < -0.3 is 9.15 Å². The molecule has 0 aliphatic carbocycles. The Morgan fingerprint density at radius 1 is 1.67 bits per heavy atom. The minimum absolute atomic E-state index is 0.421. The van der Waals surface area contributed by atoms with Crippen molar-refractivity contribution in [2.75, 3.05) is 7.11 Å². The van der Waals surface area contributed by atoms with Gasteiger partial charge in [0.15, 0.2) is 5.01 Å². The highest BCUT2D eigenvalue weighted by atomic mass is 32.1. The molecule has 0 saturated heterocycles. The van der Waals surface area contributed by atoms with Crippen LogP contribution in [0.25, 0.3) is 10.8 Å². The number of hydrogen-bond acceptors (Lipinski definition) is 5. The van der Waals surface area contributed by atoms with Gasteiger partial charge >= 0.3 is 0 Å². The fourth-order valence-corrected chi connectivity index (χ4v) is 1.42. The van der Waals surface area contributed by atoms with Crippen molar-refractivity contribution in [3.05, 3.63) is 18.0 Å². The van der Waals surface area contributed by atoms with Crippen LogP contribution in [0.2, 0.25) is 0 Å². The van der Waals surface area contributed by atoms with E-state index in [-0.39, 0.29) is 0 Å². The Kier molecular flexibility index (Phi) is 1.79. The van der Waals surface area contributed by atoms with E-state index in [1.54, 1.807) is 6.20 Å². The molecule has 0 atom stereocenters. The van der Waals surface area contributed by atoms with Crippen molar-refractivity contribution in [3.8, 4) is 16.6 Å². The summed E-state index contributed by atoms with van der Waals surface area (Å²) in [6.07, 6.45) is 4.05. The van der Waals surface area contributed by atoms with Crippen LogP contribution >= 0.6 is 11.3 Å². The Morgan fingerprint density at radius 3 is 3.25 bits per heavy atom. The van der Waals surface area contributed by atoms with Crippen LogP contribution in [0, 0.1) is 6.39 Å². The molecular formula is C7H5N2O2S. The van der Waals surface area contributed by atoms with Gasteiger partial charge in [0.05, 0.1) is 7.11 Å². The van der Waals surface area contributed by atoms with Gasteiger partial charge in [0.25, 0.3) is 12.3 Å². The summed E-state index contributed by atoms with van der Waals surface area (Å²) in [6, 6.07) is 0. The van der Waals surface area contributed by atoms with Crippen LogP contribution in [0.3, 0.4) is 0 Å². The lowest BCUT2D eigenvalue weighted by atomic mass is 10.5. The monoisotopic (exact) mass is 181 g/mol. The lowest BCUT2D eigenvalue weighted by Crippen LogP contribution is -1.84. The van der Waals surface area contributed by atoms with Gasteiger partial charge in [-0.2, -0.15) is 4.98 Å². The number of thiazole rings is 1. The topological polar surface area (TPSA) is 48.2 Å². The maximum atomic E-state index is 4.99. The summed E-state index contributed by atoms with van der Waals surface area (Å²) >= 11 is 1.47. The molecule has 0 saturated carbocycles. The summed E-state index contributed by atoms with van der Waals surface area (Å²) in [5.41, 5.74) is 0. The Bertz CT molecular complexity index is 355. The fraction of sp³-hybridized carbons (Fsp3) is 0.143. The molecule has 2 aromatic heterocycles. The van der Waals surface area contributed by atoms with Crippen molar-refractivity contribution in [2.24, 2.45) is 0 Å². The zero-order chi connectivity index (χ0) is 8.39. The maximum Gasteiger partial charge on any atom is 0.287 e. The van der Waals surface area contributed by atoms with E-state index in [1.807, 2.05) is 5.38 Å². The summed E-state index contributed by atoms with van der Waals surface area (Å²) in [6.45, 7) is 0. The second-order valence-electron chi connectivity index (χ2n) is 1.98. The molecule has 2 aromatic rings. The first-order chi connectivity index (χ1) is 5.92. The van der Waals surface area contributed by atoms with E-state index in [0.717, 1.165) is 5.01 Å². The lowest BCUT2D eigenvalue weighted by Gasteiger charge is -1.93. The molecule has 61 valence electrons. The normalized spacial score (nSPS) is 10.1. The van der Waals surface area contributed by atoms with Gasteiger partial charge in [0.1, 0.15) is 0 Å². The summed E-state index contributed by atoms with van der Waals surface area (Å²) in [5, 5.41) is 2.61. The molecule has 12 heavy (non-hydrogen) atoms. The number of methoxy groups -OCH3 is 1. The van der Waals surface area contributed by atoms with Gasteiger partial charge in [0, 0.05) is 11.6 Å². The van der Waals surface area contributed by atoms with Crippen LogP contribution in [0.4, 0.5) is 0 Å². The molecular weight excluding hydrogens is 176 g/mol. The van der Waals surface area contributed by atoms with E-state index < -0.39 is 0 Å².